The maximum absolute atomic E-state index is 13.0. The number of ketones is 1. The van der Waals surface area contributed by atoms with Gasteiger partial charge in [0.1, 0.15) is 11.5 Å². The van der Waals surface area contributed by atoms with Crippen molar-refractivity contribution in [1.82, 2.24) is 20.0 Å². The predicted octanol–water partition coefficient (Wildman–Crippen LogP) is 3.33. The van der Waals surface area contributed by atoms with Crippen LogP contribution in [0.1, 0.15) is 21.6 Å². The monoisotopic (exact) mass is 454 g/mol. The lowest BCUT2D eigenvalue weighted by Gasteiger charge is -2.33. The molecule has 0 radical (unpaired) electrons. The summed E-state index contributed by atoms with van der Waals surface area (Å²) in [5.74, 6) is 0.154. The van der Waals surface area contributed by atoms with Gasteiger partial charge in [0.25, 0.3) is 0 Å². The summed E-state index contributed by atoms with van der Waals surface area (Å²) in [5, 5.41) is 28.1. The van der Waals surface area contributed by atoms with E-state index in [1.807, 2.05) is 4.90 Å². The Bertz CT molecular complexity index is 1280. The molecule has 3 N–H and O–H groups in total. The number of carboxylic acid groups (broad SMARTS) is 1. The van der Waals surface area contributed by atoms with Crippen LogP contribution in [-0.4, -0.2) is 68.3 Å². The maximum Gasteiger partial charge on any atom is 0.407 e. The molecule has 10 heteroatoms. The summed E-state index contributed by atoms with van der Waals surface area (Å²) in [4.78, 5) is 27.5. The van der Waals surface area contributed by atoms with Gasteiger partial charge in [0.05, 0.1) is 22.3 Å². The molecule has 9 nitrogen and oxygen atoms in total. The maximum atomic E-state index is 13.0. The van der Waals surface area contributed by atoms with E-state index in [0.29, 0.717) is 60.3 Å². The minimum absolute atomic E-state index is 0.0236. The molecule has 2 aliphatic rings. The summed E-state index contributed by atoms with van der Waals surface area (Å²) in [6.07, 6.45) is 0.619. The number of aromatic hydroxyl groups is 1. The van der Waals surface area contributed by atoms with E-state index >= 15 is 0 Å². The van der Waals surface area contributed by atoms with Gasteiger partial charge in [-0.3, -0.25) is 14.8 Å². The van der Waals surface area contributed by atoms with Gasteiger partial charge in [0.15, 0.2) is 5.76 Å². The summed E-state index contributed by atoms with van der Waals surface area (Å²) in [6, 6.07) is 8.33. The Labute approximate surface area is 187 Å². The van der Waals surface area contributed by atoms with Crippen molar-refractivity contribution in [3.63, 3.8) is 0 Å². The highest BCUT2D eigenvalue weighted by molar-refractivity contribution is 6.31. The van der Waals surface area contributed by atoms with E-state index in [1.54, 1.807) is 30.3 Å². The number of allylic oxidation sites excluding steroid dienone is 1. The second kappa shape index (κ2) is 7.85. The number of carbonyl (C=O) groups excluding carboxylic acids is 1. The number of phenols is 1. The van der Waals surface area contributed by atoms with E-state index in [4.69, 9.17) is 21.4 Å². The summed E-state index contributed by atoms with van der Waals surface area (Å²) in [5.41, 5.74) is 2.17. The molecule has 2 aliphatic heterocycles. The highest BCUT2D eigenvalue weighted by Crippen LogP contribution is 2.40. The number of ether oxygens (including phenoxy) is 1. The van der Waals surface area contributed by atoms with Crippen LogP contribution >= 0.6 is 11.6 Å². The Kier molecular flexibility index (Phi) is 4.99. The molecule has 1 aromatic heterocycles. The Morgan fingerprint density at radius 2 is 2.00 bits per heavy atom. The largest absolute Gasteiger partial charge is 0.507 e. The lowest BCUT2D eigenvalue weighted by Crippen LogP contribution is -2.47. The molecule has 164 valence electrons. The number of hydrogen-bond donors (Lipinski definition) is 3. The Morgan fingerprint density at radius 3 is 2.75 bits per heavy atom. The molecule has 1 saturated heterocycles. The number of aromatic amines is 1. The van der Waals surface area contributed by atoms with Gasteiger partial charge in [0.2, 0.25) is 5.78 Å². The van der Waals surface area contributed by atoms with E-state index in [9.17, 15) is 14.7 Å². The first-order valence-electron chi connectivity index (χ1n) is 10.0. The number of benzene rings is 2. The molecular formula is C22H19ClN4O5. The number of aromatic nitrogens is 2. The molecular weight excluding hydrogens is 436 g/mol. The summed E-state index contributed by atoms with van der Waals surface area (Å²) in [7, 11) is 0. The van der Waals surface area contributed by atoms with Crippen molar-refractivity contribution < 1.29 is 24.5 Å². The average molecular weight is 455 g/mol. The molecule has 0 atom stereocenters. The number of H-pyrrole nitrogens is 1. The number of nitrogens with zero attached hydrogens (tertiary/aromatic N) is 3. The van der Waals surface area contributed by atoms with Crippen LogP contribution in [0.25, 0.3) is 17.0 Å². The Balaban J connectivity index is 1.43. The van der Waals surface area contributed by atoms with E-state index in [2.05, 4.69) is 10.2 Å². The summed E-state index contributed by atoms with van der Waals surface area (Å²) >= 11 is 6.09. The fourth-order valence-corrected chi connectivity index (χ4v) is 4.18. The normalized spacial score (nSPS) is 17.7. The van der Waals surface area contributed by atoms with Crippen LogP contribution < -0.4 is 4.74 Å². The third kappa shape index (κ3) is 3.55. The predicted molar refractivity (Wildman–Crippen MR) is 117 cm³/mol. The fourth-order valence-electron chi connectivity index (χ4n) is 4.01. The van der Waals surface area contributed by atoms with Crippen LogP contribution in [0, 0.1) is 0 Å². The van der Waals surface area contributed by atoms with Crippen molar-refractivity contribution in [2.75, 3.05) is 26.2 Å². The van der Waals surface area contributed by atoms with Crippen molar-refractivity contribution in [3.8, 4) is 11.5 Å². The van der Waals surface area contributed by atoms with E-state index in [0.717, 1.165) is 10.9 Å². The van der Waals surface area contributed by atoms with Gasteiger partial charge in [-0.2, -0.15) is 5.10 Å². The summed E-state index contributed by atoms with van der Waals surface area (Å²) in [6.45, 7) is 2.14. The van der Waals surface area contributed by atoms with Gasteiger partial charge >= 0.3 is 6.09 Å². The van der Waals surface area contributed by atoms with Crippen LogP contribution in [0.15, 0.2) is 36.1 Å². The number of halogens is 1. The zero-order valence-electron chi connectivity index (χ0n) is 16.8. The van der Waals surface area contributed by atoms with Crippen molar-refractivity contribution in [2.24, 2.45) is 0 Å². The SMILES string of the molecule is O=C1C(=Cc2n[nH]c3ccc(Cl)cc23)Oc2c1ccc(O)c2CN1CCN(C(=O)O)CC1. The number of fused-ring (bicyclic) bond motifs is 2. The number of hydrogen-bond acceptors (Lipinski definition) is 6. The Hall–Kier alpha value is -3.56. The standard InChI is InChI=1S/C22H19ClN4O5/c23-12-1-3-16-14(9-12)17(25-24-16)10-19-20(29)13-2-4-18(28)15(21(13)32-19)11-26-5-7-27(8-6-26)22(30)31/h1-4,9-10,28H,5-8,11H2,(H,24,25)(H,30,31). The first-order valence-corrected chi connectivity index (χ1v) is 10.4. The first-order chi connectivity index (χ1) is 15.4. The molecule has 0 bridgehead atoms. The van der Waals surface area contributed by atoms with Gasteiger partial charge in [-0.25, -0.2) is 4.79 Å². The smallest absolute Gasteiger partial charge is 0.407 e. The van der Waals surface area contributed by atoms with Gasteiger partial charge < -0.3 is 19.8 Å². The van der Waals surface area contributed by atoms with Gasteiger partial charge in [-0.1, -0.05) is 11.6 Å². The van der Waals surface area contributed by atoms with E-state index in [1.165, 1.54) is 11.0 Å². The van der Waals surface area contributed by atoms with Crippen LogP contribution in [0.3, 0.4) is 0 Å². The van der Waals surface area contributed by atoms with Gasteiger partial charge in [-0.15, -0.1) is 0 Å². The van der Waals surface area contributed by atoms with Gasteiger partial charge in [-0.05, 0) is 30.3 Å². The van der Waals surface area contributed by atoms with Crippen LogP contribution in [-0.2, 0) is 6.54 Å². The number of Topliss-reactive ketones (excluding diaryl/α,β-unsaturated/α-hetero) is 1. The molecule has 0 unspecified atom stereocenters. The van der Waals surface area contributed by atoms with Crippen LogP contribution in [0.2, 0.25) is 5.02 Å². The van der Waals surface area contributed by atoms with Crippen molar-refractivity contribution in [3.05, 3.63) is 57.9 Å². The minimum atomic E-state index is -0.941. The molecule has 1 amide bonds. The third-order valence-corrected chi connectivity index (χ3v) is 6.00. The van der Waals surface area contributed by atoms with Crippen LogP contribution in [0.5, 0.6) is 11.5 Å². The second-order valence-electron chi connectivity index (χ2n) is 7.72. The molecule has 0 saturated carbocycles. The van der Waals surface area contributed by atoms with E-state index in [-0.39, 0.29) is 17.3 Å². The molecule has 3 heterocycles. The topological polar surface area (TPSA) is 119 Å². The lowest BCUT2D eigenvalue weighted by atomic mass is 10.0. The fraction of sp³-hybridized carbons (Fsp3) is 0.227. The number of rotatable bonds is 3. The van der Waals surface area contributed by atoms with Crippen molar-refractivity contribution >= 4 is 40.5 Å². The Morgan fingerprint density at radius 1 is 1.22 bits per heavy atom. The number of carbonyl (C=O) groups is 2. The minimum Gasteiger partial charge on any atom is -0.507 e. The molecule has 3 aromatic rings. The highest BCUT2D eigenvalue weighted by atomic mass is 35.5. The van der Waals surface area contributed by atoms with Crippen LogP contribution in [0.4, 0.5) is 4.79 Å². The number of phenolic OH excluding ortho intramolecular Hbond substituents is 1. The zero-order valence-corrected chi connectivity index (χ0v) is 17.6. The molecule has 2 aromatic carbocycles. The molecule has 32 heavy (non-hydrogen) atoms. The number of amides is 1. The molecule has 0 spiro atoms. The first kappa shape index (κ1) is 20.3. The lowest BCUT2D eigenvalue weighted by molar-refractivity contribution is 0.101. The average Bonchev–Trinajstić information content (AvgIpc) is 3.31. The quantitative estimate of drug-likeness (QED) is 0.519. The summed E-state index contributed by atoms with van der Waals surface area (Å²) < 4.78 is 5.92. The number of nitrogens with one attached hydrogen (secondary N) is 1. The zero-order chi connectivity index (χ0) is 22.4. The van der Waals surface area contributed by atoms with Crippen molar-refractivity contribution in [2.45, 2.75) is 6.54 Å². The van der Waals surface area contributed by atoms with Gasteiger partial charge in [0, 0.05) is 49.2 Å². The number of piperazine rings is 1. The third-order valence-electron chi connectivity index (χ3n) is 5.76. The van der Waals surface area contributed by atoms with Crippen molar-refractivity contribution in [1.29, 1.82) is 0 Å². The highest BCUT2D eigenvalue weighted by Gasteiger charge is 2.32. The molecule has 5 rings (SSSR count). The molecule has 0 aliphatic carbocycles. The second-order valence-corrected chi connectivity index (χ2v) is 8.16. The molecule has 1 fully saturated rings. The van der Waals surface area contributed by atoms with E-state index < -0.39 is 6.09 Å².